The third-order valence-corrected chi connectivity index (χ3v) is 14.9. The first-order valence-corrected chi connectivity index (χ1v) is 35.0. The minimum absolute atomic E-state index is 0.104. The molecule has 0 N–H and O–H groups in total. The molecule has 0 saturated carbocycles. The molecule has 0 bridgehead atoms. The van der Waals surface area contributed by atoms with Crippen LogP contribution in [-0.4, -0.2) is 37.2 Å². The van der Waals surface area contributed by atoms with Crippen LogP contribution in [0.15, 0.2) is 122 Å². The van der Waals surface area contributed by atoms with E-state index >= 15 is 0 Å². The summed E-state index contributed by atoms with van der Waals surface area (Å²) in [5.41, 5.74) is 0. The summed E-state index contributed by atoms with van der Waals surface area (Å²) in [6.45, 7) is 6.45. The first-order valence-electron chi connectivity index (χ1n) is 35.0. The van der Waals surface area contributed by atoms with Crippen molar-refractivity contribution in [3.63, 3.8) is 0 Å². The van der Waals surface area contributed by atoms with E-state index in [0.717, 1.165) is 109 Å². The van der Waals surface area contributed by atoms with Gasteiger partial charge in [-0.2, -0.15) is 0 Å². The highest BCUT2D eigenvalue weighted by Gasteiger charge is 2.19. The molecule has 83 heavy (non-hydrogen) atoms. The zero-order valence-corrected chi connectivity index (χ0v) is 54.4. The van der Waals surface area contributed by atoms with Gasteiger partial charge in [-0.1, -0.05) is 309 Å². The minimum atomic E-state index is -0.815. The van der Waals surface area contributed by atoms with Gasteiger partial charge in [-0.15, -0.1) is 0 Å². The fourth-order valence-corrected chi connectivity index (χ4v) is 9.68. The summed E-state index contributed by atoms with van der Waals surface area (Å²) in [7, 11) is 0. The average Bonchev–Trinajstić information content (AvgIpc) is 3.48. The molecular weight excluding hydrogens is 1020 g/mol. The molecule has 0 aliphatic carbocycles. The van der Waals surface area contributed by atoms with Crippen LogP contribution >= 0.6 is 0 Å². The minimum Gasteiger partial charge on any atom is -0.462 e. The normalized spacial score (nSPS) is 12.9. The third-order valence-electron chi connectivity index (χ3n) is 14.9. The zero-order chi connectivity index (χ0) is 59.9. The number of rotatable bonds is 63. The molecule has 6 heteroatoms. The van der Waals surface area contributed by atoms with E-state index < -0.39 is 6.10 Å². The van der Waals surface area contributed by atoms with Crippen LogP contribution < -0.4 is 0 Å². The number of unbranched alkanes of at least 4 members (excludes halogenated alkanes) is 32. The lowest BCUT2D eigenvalue weighted by Crippen LogP contribution is -2.30. The van der Waals surface area contributed by atoms with Crippen LogP contribution in [0, 0.1) is 0 Å². The molecule has 0 amide bonds. The van der Waals surface area contributed by atoms with Gasteiger partial charge in [-0.05, 0) is 122 Å². The SMILES string of the molecule is CC/C=C\C/C=C\C/C=C\C/C=C\C/C=C\C/C=C\C/C=C\CCCC(=O)OC(COC(=O)CCCCCCC/C=C\CCCC)COC(=O)CCCCCCCCCCCCCCCCCCCCC/C=C\C/C=C\CCCCCCC. The summed E-state index contributed by atoms with van der Waals surface area (Å²) < 4.78 is 16.9. The predicted molar refractivity (Wildman–Crippen MR) is 362 cm³/mol. The fraction of sp³-hybridized carbons (Fsp3) is 0.701. The second-order valence-electron chi connectivity index (χ2n) is 23.1. The van der Waals surface area contributed by atoms with Crippen molar-refractivity contribution < 1.29 is 28.6 Å². The number of hydrogen-bond acceptors (Lipinski definition) is 6. The highest BCUT2D eigenvalue weighted by atomic mass is 16.6. The van der Waals surface area contributed by atoms with Crippen molar-refractivity contribution in [2.45, 2.75) is 335 Å². The maximum atomic E-state index is 12.9. The van der Waals surface area contributed by atoms with Crippen molar-refractivity contribution in [2.24, 2.45) is 0 Å². The Bertz CT molecular complexity index is 1700. The Morgan fingerprint density at radius 1 is 0.253 bits per heavy atom. The van der Waals surface area contributed by atoms with Crippen LogP contribution in [0.2, 0.25) is 0 Å². The maximum absolute atomic E-state index is 12.9. The molecule has 0 aromatic rings. The lowest BCUT2D eigenvalue weighted by molar-refractivity contribution is -0.167. The first-order chi connectivity index (χ1) is 41.0. The molecule has 0 fully saturated rings. The van der Waals surface area contributed by atoms with E-state index in [2.05, 4.69) is 142 Å². The van der Waals surface area contributed by atoms with E-state index in [1.54, 1.807) is 0 Å². The van der Waals surface area contributed by atoms with Crippen LogP contribution in [0.3, 0.4) is 0 Å². The molecule has 0 spiro atoms. The number of ether oxygens (including phenoxy) is 3. The molecule has 0 saturated heterocycles. The molecule has 1 unspecified atom stereocenters. The zero-order valence-electron chi connectivity index (χ0n) is 54.4. The lowest BCUT2D eigenvalue weighted by atomic mass is 10.0. The molecule has 0 radical (unpaired) electrons. The van der Waals surface area contributed by atoms with Crippen molar-refractivity contribution in [2.75, 3.05) is 13.2 Å². The monoisotopic (exact) mass is 1150 g/mol. The van der Waals surface area contributed by atoms with E-state index in [4.69, 9.17) is 14.2 Å². The standard InChI is InChI=1S/C77H130O6/c1-4-7-10-13-16-19-22-24-26-28-30-32-34-35-36-37-38-39-40-41-43-44-46-48-50-52-55-58-61-64-67-70-76(79)82-73-74(72-81-75(78)69-66-63-60-57-54-21-18-15-12-9-6-3)83-77(80)71-68-65-62-59-56-53-51-49-47-45-42-33-31-29-27-25-23-20-17-14-11-8-5-2/h8,11,15,17-18,20,22,24-25,27-28,30-31,33,45,47,51,53,59,62,74H,4-7,9-10,12-14,16,19,21,23,26,29,32,34-44,46,48-50,52,54-58,60-61,63-73H2,1-3H3/b11-8-,18-15-,20-17-,24-22-,27-25-,30-28-,33-31-,47-45-,53-51-,62-59-. The van der Waals surface area contributed by atoms with Gasteiger partial charge in [0.1, 0.15) is 13.2 Å². The van der Waals surface area contributed by atoms with Crippen molar-refractivity contribution in [3.05, 3.63) is 122 Å². The molecule has 0 heterocycles. The Balaban J connectivity index is 4.26. The molecule has 0 aromatic carbocycles. The Morgan fingerprint density at radius 3 is 0.819 bits per heavy atom. The third kappa shape index (κ3) is 68.5. The molecule has 0 aromatic heterocycles. The Labute approximate surface area is 513 Å². The van der Waals surface area contributed by atoms with Gasteiger partial charge in [-0.3, -0.25) is 14.4 Å². The van der Waals surface area contributed by atoms with Gasteiger partial charge in [0.05, 0.1) is 0 Å². The van der Waals surface area contributed by atoms with Crippen molar-refractivity contribution in [1.29, 1.82) is 0 Å². The van der Waals surface area contributed by atoms with E-state index in [9.17, 15) is 14.4 Å². The molecule has 0 aliphatic heterocycles. The Kier molecular flexibility index (Phi) is 66.7. The van der Waals surface area contributed by atoms with Crippen LogP contribution in [-0.2, 0) is 28.6 Å². The number of hydrogen-bond donors (Lipinski definition) is 0. The topological polar surface area (TPSA) is 78.9 Å². The van der Waals surface area contributed by atoms with E-state index in [1.165, 1.54) is 173 Å². The highest BCUT2D eigenvalue weighted by Crippen LogP contribution is 2.17. The van der Waals surface area contributed by atoms with Gasteiger partial charge < -0.3 is 14.2 Å². The van der Waals surface area contributed by atoms with Gasteiger partial charge in [0, 0.05) is 19.3 Å². The van der Waals surface area contributed by atoms with Gasteiger partial charge in [0.25, 0.3) is 0 Å². The largest absolute Gasteiger partial charge is 0.462 e. The summed E-state index contributed by atoms with van der Waals surface area (Å²) in [6, 6.07) is 0. The summed E-state index contributed by atoms with van der Waals surface area (Å²) in [5.74, 6) is -0.966. The molecule has 1 atom stereocenters. The summed E-state index contributed by atoms with van der Waals surface area (Å²) in [4.78, 5) is 38.3. The van der Waals surface area contributed by atoms with Gasteiger partial charge in [-0.25, -0.2) is 0 Å². The van der Waals surface area contributed by atoms with Crippen molar-refractivity contribution in [1.82, 2.24) is 0 Å². The number of carbonyl (C=O) groups excluding carboxylic acids is 3. The van der Waals surface area contributed by atoms with Crippen LogP contribution in [0.5, 0.6) is 0 Å². The van der Waals surface area contributed by atoms with Crippen molar-refractivity contribution >= 4 is 17.9 Å². The quantitative estimate of drug-likeness (QED) is 0.0261. The Morgan fingerprint density at radius 2 is 0.494 bits per heavy atom. The van der Waals surface area contributed by atoms with Gasteiger partial charge in [0.15, 0.2) is 6.10 Å². The molecule has 0 rings (SSSR count). The lowest BCUT2D eigenvalue weighted by Gasteiger charge is -2.18. The number of esters is 3. The Hall–Kier alpha value is -4.19. The molecule has 474 valence electrons. The smallest absolute Gasteiger partial charge is 0.306 e. The molecule has 0 aliphatic rings. The highest BCUT2D eigenvalue weighted by molar-refractivity contribution is 5.71. The van der Waals surface area contributed by atoms with E-state index in [-0.39, 0.29) is 37.5 Å². The van der Waals surface area contributed by atoms with Crippen LogP contribution in [0.4, 0.5) is 0 Å². The second kappa shape index (κ2) is 70.3. The maximum Gasteiger partial charge on any atom is 0.306 e. The van der Waals surface area contributed by atoms with Crippen molar-refractivity contribution in [3.8, 4) is 0 Å². The second-order valence-corrected chi connectivity index (χ2v) is 23.1. The van der Waals surface area contributed by atoms with E-state index in [1.807, 2.05) is 0 Å². The van der Waals surface area contributed by atoms with Crippen LogP contribution in [0.25, 0.3) is 0 Å². The molecular formula is C77H130O6. The summed E-state index contributed by atoms with van der Waals surface area (Å²) in [5, 5.41) is 0. The summed E-state index contributed by atoms with van der Waals surface area (Å²) >= 11 is 0. The summed E-state index contributed by atoms with van der Waals surface area (Å²) in [6.07, 6.45) is 98.2. The van der Waals surface area contributed by atoms with Crippen LogP contribution in [0.1, 0.15) is 329 Å². The number of carbonyl (C=O) groups is 3. The van der Waals surface area contributed by atoms with Gasteiger partial charge in [0.2, 0.25) is 0 Å². The molecule has 6 nitrogen and oxygen atoms in total. The number of allylic oxidation sites excluding steroid dienone is 20. The first kappa shape index (κ1) is 78.8. The fourth-order valence-electron chi connectivity index (χ4n) is 9.68. The van der Waals surface area contributed by atoms with E-state index in [0.29, 0.717) is 19.3 Å². The van der Waals surface area contributed by atoms with Gasteiger partial charge >= 0.3 is 17.9 Å². The predicted octanol–water partition coefficient (Wildman–Crippen LogP) is 24.3. The average molecular weight is 1150 g/mol.